The normalized spacial score (nSPS) is 19.1. The van der Waals surface area contributed by atoms with E-state index in [9.17, 15) is 4.79 Å². The van der Waals surface area contributed by atoms with Crippen LogP contribution in [0.15, 0.2) is 54.6 Å². The first kappa shape index (κ1) is 25.2. The molecule has 1 saturated carbocycles. The second-order valence-corrected chi connectivity index (χ2v) is 10.8. The van der Waals surface area contributed by atoms with Crippen LogP contribution in [0.25, 0.3) is 0 Å². The summed E-state index contributed by atoms with van der Waals surface area (Å²) in [4.78, 5) is 25.0. The van der Waals surface area contributed by atoms with Gasteiger partial charge in [-0.25, -0.2) is 4.98 Å². The van der Waals surface area contributed by atoms with Crippen LogP contribution in [0.3, 0.4) is 0 Å². The van der Waals surface area contributed by atoms with Crippen LogP contribution in [0, 0.1) is 5.92 Å². The van der Waals surface area contributed by atoms with E-state index < -0.39 is 0 Å². The fourth-order valence-electron chi connectivity index (χ4n) is 5.75. The van der Waals surface area contributed by atoms with Gasteiger partial charge in [-0.05, 0) is 80.9 Å². The van der Waals surface area contributed by atoms with Gasteiger partial charge in [0.15, 0.2) is 0 Å². The van der Waals surface area contributed by atoms with Crippen LogP contribution < -0.4 is 15.5 Å². The van der Waals surface area contributed by atoms with Crippen LogP contribution in [0.1, 0.15) is 71.3 Å². The molecule has 0 atom stereocenters. The Morgan fingerprint density at radius 3 is 2.43 bits per heavy atom. The molecule has 194 valence electrons. The van der Waals surface area contributed by atoms with Gasteiger partial charge in [-0.1, -0.05) is 48.5 Å². The van der Waals surface area contributed by atoms with Gasteiger partial charge in [-0.2, -0.15) is 4.98 Å². The number of aromatic nitrogens is 2. The molecule has 1 heterocycles. The van der Waals surface area contributed by atoms with Gasteiger partial charge >= 0.3 is 0 Å². The number of rotatable bonds is 8. The summed E-state index contributed by atoms with van der Waals surface area (Å²) in [5.74, 6) is 2.38. The summed E-state index contributed by atoms with van der Waals surface area (Å²) in [6, 6.07) is 18.7. The van der Waals surface area contributed by atoms with E-state index in [0.717, 1.165) is 74.4 Å². The van der Waals surface area contributed by atoms with Gasteiger partial charge in [0.25, 0.3) is 5.91 Å². The van der Waals surface area contributed by atoms with Gasteiger partial charge in [0.1, 0.15) is 5.82 Å². The van der Waals surface area contributed by atoms with Crippen molar-refractivity contribution >= 4 is 17.7 Å². The van der Waals surface area contributed by atoms with Crippen molar-refractivity contribution in [2.24, 2.45) is 5.92 Å². The Morgan fingerprint density at radius 2 is 1.65 bits per heavy atom. The minimum atomic E-state index is 0.0328. The molecule has 0 aliphatic heterocycles. The van der Waals surface area contributed by atoms with E-state index in [0.29, 0.717) is 12.0 Å². The summed E-state index contributed by atoms with van der Waals surface area (Å²) in [6.07, 6.45) is 9.66. The Balaban J connectivity index is 1.13. The van der Waals surface area contributed by atoms with Crippen molar-refractivity contribution in [2.75, 3.05) is 30.9 Å². The third-order valence-corrected chi connectivity index (χ3v) is 7.82. The molecule has 0 saturated heterocycles. The number of nitrogens with one attached hydrogen (secondary N) is 2. The zero-order chi connectivity index (χ0) is 25.6. The molecule has 0 radical (unpaired) electrons. The number of hydrogen-bond donors (Lipinski definition) is 2. The van der Waals surface area contributed by atoms with E-state index in [4.69, 9.17) is 9.97 Å². The number of hydrogen-bond acceptors (Lipinski definition) is 5. The number of fused-ring (bicyclic) bond motifs is 1. The maximum Gasteiger partial charge on any atom is 0.251 e. The number of amides is 1. The molecule has 6 heteroatoms. The van der Waals surface area contributed by atoms with Crippen molar-refractivity contribution in [3.05, 3.63) is 82.5 Å². The van der Waals surface area contributed by atoms with Crippen LogP contribution in [0.2, 0.25) is 0 Å². The zero-order valence-electron chi connectivity index (χ0n) is 22.2. The summed E-state index contributed by atoms with van der Waals surface area (Å²) in [5, 5.41) is 6.86. The molecule has 2 aliphatic rings. The van der Waals surface area contributed by atoms with Crippen LogP contribution in [-0.2, 0) is 19.3 Å². The van der Waals surface area contributed by atoms with Crippen molar-refractivity contribution in [1.82, 2.24) is 15.3 Å². The molecule has 2 aromatic carbocycles. The largest absolute Gasteiger partial charge is 0.362 e. The quantitative estimate of drug-likeness (QED) is 0.435. The smallest absolute Gasteiger partial charge is 0.251 e. The lowest BCUT2D eigenvalue weighted by Crippen LogP contribution is -2.34. The second-order valence-electron chi connectivity index (χ2n) is 10.8. The van der Waals surface area contributed by atoms with Crippen LogP contribution in [0.4, 0.5) is 11.8 Å². The first-order valence-corrected chi connectivity index (χ1v) is 13.8. The van der Waals surface area contributed by atoms with E-state index in [-0.39, 0.29) is 5.91 Å². The van der Waals surface area contributed by atoms with E-state index in [1.165, 1.54) is 29.7 Å². The first-order valence-electron chi connectivity index (χ1n) is 13.8. The zero-order valence-corrected chi connectivity index (χ0v) is 22.2. The Bertz CT molecular complexity index is 1200. The fourth-order valence-corrected chi connectivity index (χ4v) is 5.75. The molecule has 1 amide bonds. The molecule has 6 nitrogen and oxygen atoms in total. The van der Waals surface area contributed by atoms with E-state index in [1.807, 2.05) is 36.4 Å². The van der Waals surface area contributed by atoms with E-state index >= 15 is 0 Å². The average molecular weight is 498 g/mol. The lowest BCUT2D eigenvalue weighted by molar-refractivity contribution is 0.0942. The standard InChI is InChI=1S/C31H39N5O/c1-36(2)29-27-14-8-9-15-28(27)34-31(35-29)33-25-18-16-23(17-19-25)21-32-30(37)26-13-7-6-12-24(26)20-22-10-4-3-5-11-22/h3-7,10-13,23,25H,8-9,14-21H2,1-2H3,(H,32,37)(H,33,34,35). The molecule has 0 unspecified atom stereocenters. The summed E-state index contributed by atoms with van der Waals surface area (Å²) in [7, 11) is 4.14. The highest BCUT2D eigenvalue weighted by atomic mass is 16.1. The summed E-state index contributed by atoms with van der Waals surface area (Å²) < 4.78 is 0. The molecule has 2 N–H and O–H groups in total. The number of nitrogens with zero attached hydrogens (tertiary/aromatic N) is 3. The fraction of sp³-hybridized carbons (Fsp3) is 0.452. The lowest BCUT2D eigenvalue weighted by atomic mass is 9.86. The predicted molar refractivity (Wildman–Crippen MR) is 150 cm³/mol. The van der Waals surface area contributed by atoms with Gasteiger partial charge in [-0.3, -0.25) is 4.79 Å². The maximum atomic E-state index is 13.1. The Hall–Kier alpha value is -3.41. The average Bonchev–Trinajstić information content (AvgIpc) is 2.93. The van der Waals surface area contributed by atoms with Crippen molar-refractivity contribution in [3.8, 4) is 0 Å². The Labute approximate surface area is 220 Å². The Morgan fingerprint density at radius 1 is 0.919 bits per heavy atom. The molecule has 2 aliphatic carbocycles. The van der Waals surface area contributed by atoms with Crippen molar-refractivity contribution < 1.29 is 4.79 Å². The van der Waals surface area contributed by atoms with E-state index in [1.54, 1.807) is 0 Å². The molecular weight excluding hydrogens is 458 g/mol. The van der Waals surface area contributed by atoms with Crippen LogP contribution in [0.5, 0.6) is 0 Å². The molecule has 1 aromatic heterocycles. The highest BCUT2D eigenvalue weighted by molar-refractivity contribution is 5.95. The van der Waals surface area contributed by atoms with Crippen LogP contribution in [-0.4, -0.2) is 42.6 Å². The van der Waals surface area contributed by atoms with Gasteiger partial charge in [-0.15, -0.1) is 0 Å². The summed E-state index contributed by atoms with van der Waals surface area (Å²) in [6.45, 7) is 0.728. The molecule has 5 rings (SSSR count). The molecule has 0 spiro atoms. The molecule has 37 heavy (non-hydrogen) atoms. The minimum Gasteiger partial charge on any atom is -0.362 e. The monoisotopic (exact) mass is 497 g/mol. The topological polar surface area (TPSA) is 70.2 Å². The minimum absolute atomic E-state index is 0.0328. The highest BCUT2D eigenvalue weighted by Gasteiger charge is 2.24. The van der Waals surface area contributed by atoms with Gasteiger partial charge in [0.2, 0.25) is 5.95 Å². The van der Waals surface area contributed by atoms with Crippen molar-refractivity contribution in [2.45, 2.75) is 63.8 Å². The van der Waals surface area contributed by atoms with Crippen molar-refractivity contribution in [1.29, 1.82) is 0 Å². The molecule has 0 bridgehead atoms. The van der Waals surface area contributed by atoms with Gasteiger partial charge < -0.3 is 15.5 Å². The van der Waals surface area contributed by atoms with Gasteiger partial charge in [0.05, 0.1) is 5.69 Å². The van der Waals surface area contributed by atoms with Gasteiger partial charge in [0, 0.05) is 37.8 Å². The first-order chi connectivity index (χ1) is 18.1. The number of benzene rings is 2. The number of anilines is 2. The molecule has 3 aromatic rings. The van der Waals surface area contributed by atoms with E-state index in [2.05, 4.69) is 47.8 Å². The summed E-state index contributed by atoms with van der Waals surface area (Å²) in [5.41, 5.74) is 5.61. The maximum absolute atomic E-state index is 13.1. The molecule has 1 fully saturated rings. The van der Waals surface area contributed by atoms with Crippen molar-refractivity contribution in [3.63, 3.8) is 0 Å². The number of carbonyl (C=O) groups excluding carboxylic acids is 1. The molecular formula is C31H39N5O. The van der Waals surface area contributed by atoms with Crippen LogP contribution >= 0.6 is 0 Å². The number of aryl methyl sites for hydroxylation is 1. The third-order valence-electron chi connectivity index (χ3n) is 7.82. The number of carbonyl (C=O) groups is 1. The second kappa shape index (κ2) is 11.8. The SMILES string of the molecule is CN(C)c1nc(NC2CCC(CNC(=O)c3ccccc3Cc3ccccc3)CC2)nc2c1CCCC2. The predicted octanol–water partition coefficient (Wildman–Crippen LogP) is 5.41. The lowest BCUT2D eigenvalue weighted by Gasteiger charge is -2.30. The Kier molecular flexibility index (Phi) is 8.02. The third kappa shape index (κ3) is 6.30. The summed E-state index contributed by atoms with van der Waals surface area (Å²) >= 11 is 0. The highest BCUT2D eigenvalue weighted by Crippen LogP contribution is 2.30.